The highest BCUT2D eigenvalue weighted by molar-refractivity contribution is 6.02. The molecule has 1 fully saturated rings. The maximum absolute atomic E-state index is 12.9. The lowest BCUT2D eigenvalue weighted by Gasteiger charge is -2.30. The van der Waals surface area contributed by atoms with Crippen molar-refractivity contribution in [3.8, 4) is 16.9 Å². The van der Waals surface area contributed by atoms with Crippen LogP contribution < -0.4 is 4.74 Å². The predicted molar refractivity (Wildman–Crippen MR) is 108 cm³/mol. The normalized spacial score (nSPS) is 22.0. The molecule has 0 heterocycles. The molecule has 136 valence electrons. The Balaban J connectivity index is 1.83. The number of Topliss-reactive ketones (excluding diaryl/α,β-unsaturated/α-hetero) is 1. The minimum atomic E-state index is 0.177. The molecule has 0 radical (unpaired) electrons. The quantitative estimate of drug-likeness (QED) is 0.632. The van der Waals surface area contributed by atoms with Crippen LogP contribution in [0.4, 0.5) is 0 Å². The number of ketones is 1. The number of hydrogen-bond acceptors (Lipinski definition) is 2. The molecule has 0 amide bonds. The van der Waals surface area contributed by atoms with E-state index in [0.29, 0.717) is 17.6 Å². The van der Waals surface area contributed by atoms with Crippen molar-refractivity contribution in [2.45, 2.75) is 33.6 Å². The van der Waals surface area contributed by atoms with E-state index in [1.54, 1.807) is 7.11 Å². The Morgan fingerprint density at radius 3 is 2.08 bits per heavy atom. The molecule has 2 atom stereocenters. The van der Waals surface area contributed by atoms with Crippen molar-refractivity contribution in [1.29, 1.82) is 0 Å². The molecule has 26 heavy (non-hydrogen) atoms. The number of benzene rings is 2. The topological polar surface area (TPSA) is 26.3 Å². The fraction of sp³-hybridized carbons (Fsp3) is 0.375. The Bertz CT molecular complexity index is 782. The molecule has 0 N–H and O–H groups in total. The van der Waals surface area contributed by atoms with Gasteiger partial charge in [-0.1, -0.05) is 57.2 Å². The Kier molecular flexibility index (Phi) is 5.61. The van der Waals surface area contributed by atoms with Crippen molar-refractivity contribution < 1.29 is 9.53 Å². The highest BCUT2D eigenvalue weighted by Gasteiger charge is 2.32. The van der Waals surface area contributed by atoms with Gasteiger partial charge in [0.2, 0.25) is 0 Å². The van der Waals surface area contributed by atoms with Crippen LogP contribution in [0.2, 0.25) is 0 Å². The number of carbonyl (C=O) groups is 1. The molecule has 0 saturated heterocycles. The zero-order valence-electron chi connectivity index (χ0n) is 16.2. The second-order valence-electron chi connectivity index (χ2n) is 7.64. The van der Waals surface area contributed by atoms with E-state index in [1.807, 2.05) is 12.1 Å². The number of methoxy groups -OCH3 is 1. The number of ether oxygens (including phenoxy) is 1. The van der Waals surface area contributed by atoms with Crippen LogP contribution in [-0.4, -0.2) is 12.9 Å². The predicted octanol–water partition coefficient (Wildman–Crippen LogP) is 6.02. The third-order valence-electron chi connectivity index (χ3n) is 5.52. The molecule has 1 saturated carbocycles. The largest absolute Gasteiger partial charge is 0.497 e. The molecule has 2 aromatic rings. The Hall–Kier alpha value is -2.35. The molecular weight excluding hydrogens is 320 g/mol. The summed E-state index contributed by atoms with van der Waals surface area (Å²) in [5.41, 5.74) is 4.42. The number of hydrogen-bond donors (Lipinski definition) is 0. The van der Waals surface area contributed by atoms with E-state index in [-0.39, 0.29) is 5.92 Å². The van der Waals surface area contributed by atoms with Crippen molar-refractivity contribution in [2.24, 2.45) is 17.8 Å². The van der Waals surface area contributed by atoms with Crippen LogP contribution in [0, 0.1) is 17.8 Å². The van der Waals surface area contributed by atoms with E-state index < -0.39 is 0 Å². The molecule has 0 aromatic heterocycles. The fourth-order valence-electron chi connectivity index (χ4n) is 3.76. The van der Waals surface area contributed by atoms with Crippen molar-refractivity contribution in [1.82, 2.24) is 0 Å². The van der Waals surface area contributed by atoms with Gasteiger partial charge in [0.15, 0.2) is 5.78 Å². The van der Waals surface area contributed by atoms with Crippen LogP contribution in [0.1, 0.15) is 39.2 Å². The molecular formula is C24H28O2. The van der Waals surface area contributed by atoms with E-state index in [1.165, 1.54) is 0 Å². The number of allylic oxidation sites excluding steroid dienone is 1. The first-order chi connectivity index (χ1) is 12.5. The lowest BCUT2D eigenvalue weighted by atomic mass is 9.73. The summed E-state index contributed by atoms with van der Waals surface area (Å²) in [5.74, 6) is 2.14. The lowest BCUT2D eigenvalue weighted by Crippen LogP contribution is -2.30. The van der Waals surface area contributed by atoms with Crippen LogP contribution in [0.25, 0.3) is 17.2 Å². The Labute approximate surface area is 156 Å². The van der Waals surface area contributed by atoms with Gasteiger partial charge in [-0.15, -0.1) is 0 Å². The Morgan fingerprint density at radius 1 is 0.962 bits per heavy atom. The van der Waals surface area contributed by atoms with Gasteiger partial charge in [-0.2, -0.15) is 0 Å². The van der Waals surface area contributed by atoms with E-state index >= 15 is 0 Å². The molecule has 0 bridgehead atoms. The first-order valence-electron chi connectivity index (χ1n) is 9.50. The third-order valence-corrected chi connectivity index (χ3v) is 5.52. The second kappa shape index (κ2) is 7.90. The van der Waals surface area contributed by atoms with E-state index in [4.69, 9.17) is 4.74 Å². The minimum absolute atomic E-state index is 0.177. The molecule has 1 aliphatic carbocycles. The first kappa shape index (κ1) is 18.4. The van der Waals surface area contributed by atoms with Crippen molar-refractivity contribution in [3.05, 3.63) is 59.7 Å². The molecule has 1 aliphatic rings. The second-order valence-corrected chi connectivity index (χ2v) is 7.64. The molecule has 2 heteroatoms. The summed E-state index contributed by atoms with van der Waals surface area (Å²) in [6.07, 6.45) is 4.22. The number of carbonyl (C=O) groups excluding carboxylic acids is 1. The van der Waals surface area contributed by atoms with Gasteiger partial charge in [0.05, 0.1) is 7.11 Å². The highest BCUT2D eigenvalue weighted by Crippen LogP contribution is 2.35. The van der Waals surface area contributed by atoms with Gasteiger partial charge in [0.1, 0.15) is 5.75 Å². The van der Waals surface area contributed by atoms with Crippen molar-refractivity contribution in [3.63, 3.8) is 0 Å². The lowest BCUT2D eigenvalue weighted by molar-refractivity contribution is -0.122. The zero-order valence-corrected chi connectivity index (χ0v) is 16.2. The van der Waals surface area contributed by atoms with Gasteiger partial charge >= 0.3 is 0 Å². The summed E-state index contributed by atoms with van der Waals surface area (Å²) in [6, 6.07) is 16.5. The van der Waals surface area contributed by atoms with Crippen LogP contribution in [0.5, 0.6) is 5.75 Å². The van der Waals surface area contributed by atoms with Gasteiger partial charge in [0.25, 0.3) is 0 Å². The van der Waals surface area contributed by atoms with E-state index in [2.05, 4.69) is 63.2 Å². The minimum Gasteiger partial charge on any atom is -0.497 e. The standard InChI is InChI=1S/C24H28O2/c1-16(2)22-14-5-17(3)23(24(22)25)15-18-6-8-19(9-7-18)20-10-12-21(26-4)13-11-20/h6-13,15-17,22H,5,14H2,1-4H3/b23-15-/t17-,22+/m0/s1. The monoisotopic (exact) mass is 348 g/mol. The average molecular weight is 348 g/mol. The summed E-state index contributed by atoms with van der Waals surface area (Å²) in [7, 11) is 1.68. The van der Waals surface area contributed by atoms with E-state index in [0.717, 1.165) is 40.9 Å². The van der Waals surface area contributed by atoms with Gasteiger partial charge in [-0.25, -0.2) is 0 Å². The van der Waals surface area contributed by atoms with E-state index in [9.17, 15) is 4.79 Å². The summed E-state index contributed by atoms with van der Waals surface area (Å²) >= 11 is 0. The van der Waals surface area contributed by atoms with Gasteiger partial charge in [-0.3, -0.25) is 4.79 Å². The van der Waals surface area contributed by atoms with Crippen molar-refractivity contribution >= 4 is 11.9 Å². The summed E-state index contributed by atoms with van der Waals surface area (Å²) in [4.78, 5) is 12.9. The third kappa shape index (κ3) is 3.90. The molecule has 0 aliphatic heterocycles. The summed E-state index contributed by atoms with van der Waals surface area (Å²) < 4.78 is 5.21. The van der Waals surface area contributed by atoms with Crippen LogP contribution in [0.15, 0.2) is 54.1 Å². The molecule has 0 unspecified atom stereocenters. The molecule has 0 spiro atoms. The van der Waals surface area contributed by atoms with Crippen LogP contribution >= 0.6 is 0 Å². The van der Waals surface area contributed by atoms with Gasteiger partial charge in [-0.05, 0) is 65.1 Å². The Morgan fingerprint density at radius 2 is 1.54 bits per heavy atom. The summed E-state index contributed by atoms with van der Waals surface area (Å²) in [6.45, 7) is 6.48. The van der Waals surface area contributed by atoms with Gasteiger partial charge in [0, 0.05) is 5.92 Å². The molecule has 2 aromatic carbocycles. The maximum Gasteiger partial charge on any atom is 0.162 e. The highest BCUT2D eigenvalue weighted by atomic mass is 16.5. The van der Waals surface area contributed by atoms with Crippen LogP contribution in [0.3, 0.4) is 0 Å². The van der Waals surface area contributed by atoms with Gasteiger partial charge < -0.3 is 4.74 Å². The molecule has 3 rings (SSSR count). The van der Waals surface area contributed by atoms with Crippen molar-refractivity contribution in [2.75, 3.05) is 7.11 Å². The smallest absolute Gasteiger partial charge is 0.162 e. The fourth-order valence-corrected chi connectivity index (χ4v) is 3.76. The summed E-state index contributed by atoms with van der Waals surface area (Å²) in [5, 5.41) is 0. The first-order valence-corrected chi connectivity index (χ1v) is 9.50. The molecule has 2 nitrogen and oxygen atoms in total. The maximum atomic E-state index is 12.9. The van der Waals surface area contributed by atoms with Crippen LogP contribution in [-0.2, 0) is 4.79 Å². The average Bonchev–Trinajstić information content (AvgIpc) is 2.65. The SMILES string of the molecule is COc1ccc(-c2ccc(/C=C3\C(=O)[C@@H](C(C)C)CC[C@@H]3C)cc2)cc1. The number of rotatable bonds is 4. The zero-order chi connectivity index (χ0) is 18.7.